The predicted molar refractivity (Wildman–Crippen MR) is 128 cm³/mol. The van der Waals surface area contributed by atoms with Crippen molar-refractivity contribution in [3.8, 4) is 22.8 Å². The van der Waals surface area contributed by atoms with Gasteiger partial charge in [0.25, 0.3) is 5.91 Å². The van der Waals surface area contributed by atoms with Crippen LogP contribution in [-0.2, 0) is 20.1 Å². The normalized spacial score (nSPS) is 12.9. The minimum Gasteiger partial charge on any atom is -0.490 e. The lowest BCUT2D eigenvalue weighted by atomic mass is 10.1. The molecule has 2 aromatic carbocycles. The van der Waals surface area contributed by atoms with E-state index in [1.54, 1.807) is 29.0 Å². The lowest BCUT2D eigenvalue weighted by Crippen LogP contribution is -2.26. The van der Waals surface area contributed by atoms with Crippen molar-refractivity contribution in [2.75, 3.05) is 20.3 Å². The van der Waals surface area contributed by atoms with Crippen molar-refractivity contribution in [3.05, 3.63) is 83.8 Å². The summed E-state index contributed by atoms with van der Waals surface area (Å²) in [6.45, 7) is 2.37. The second-order valence-corrected chi connectivity index (χ2v) is 8.47. The molecule has 34 heavy (non-hydrogen) atoms. The van der Waals surface area contributed by atoms with E-state index in [4.69, 9.17) is 9.47 Å². The summed E-state index contributed by atoms with van der Waals surface area (Å²) in [6, 6.07) is 15.9. The topological polar surface area (TPSA) is 74.4 Å². The highest BCUT2D eigenvalue weighted by atomic mass is 16.5. The number of aryl methyl sites for hydroxylation is 1. The first-order valence-electron chi connectivity index (χ1n) is 11.3. The van der Waals surface area contributed by atoms with Crippen LogP contribution in [0, 0.1) is 0 Å². The predicted octanol–water partition coefficient (Wildman–Crippen LogP) is 3.77. The number of hydrogen-bond acceptors (Lipinski definition) is 5. The molecule has 5 rings (SSSR count). The van der Waals surface area contributed by atoms with E-state index < -0.39 is 0 Å². The number of benzene rings is 2. The number of aromatic nitrogens is 4. The molecular weight excluding hydrogens is 430 g/mol. The zero-order valence-corrected chi connectivity index (χ0v) is 19.3. The molecule has 1 aliphatic heterocycles. The quantitative estimate of drug-likeness (QED) is 0.441. The fourth-order valence-electron chi connectivity index (χ4n) is 4.07. The molecule has 0 spiro atoms. The van der Waals surface area contributed by atoms with E-state index in [0.29, 0.717) is 43.3 Å². The third kappa shape index (κ3) is 4.66. The molecule has 0 bridgehead atoms. The molecule has 0 unspecified atom stereocenters. The maximum atomic E-state index is 13.4. The highest BCUT2D eigenvalue weighted by molar-refractivity contribution is 5.99. The Bertz CT molecular complexity index is 1300. The molecule has 4 aromatic rings. The van der Waals surface area contributed by atoms with E-state index in [2.05, 4.69) is 22.3 Å². The van der Waals surface area contributed by atoms with Gasteiger partial charge in [-0.2, -0.15) is 10.2 Å². The van der Waals surface area contributed by atoms with Crippen LogP contribution in [0.1, 0.15) is 27.9 Å². The average molecular weight is 458 g/mol. The van der Waals surface area contributed by atoms with Crippen LogP contribution in [0.2, 0.25) is 0 Å². The second-order valence-electron chi connectivity index (χ2n) is 8.47. The van der Waals surface area contributed by atoms with E-state index in [0.717, 1.165) is 23.3 Å². The van der Waals surface area contributed by atoms with Crippen molar-refractivity contribution in [3.63, 3.8) is 0 Å². The standard InChI is InChI=1S/C26H27N5O3/c1-29(15-20-14-27-31(17-20)16-19-7-4-3-5-8-19)26(32)22-18-30(2)28-25(22)21-9-10-23-24(13-21)34-12-6-11-33-23/h3-5,7-10,13-14,17-18H,6,11-12,15-16H2,1-2H3. The molecule has 8 nitrogen and oxygen atoms in total. The summed E-state index contributed by atoms with van der Waals surface area (Å²) < 4.78 is 15.1. The fraction of sp³-hybridized carbons (Fsp3) is 0.269. The van der Waals surface area contributed by atoms with Gasteiger partial charge in [0.05, 0.1) is 31.5 Å². The number of ether oxygens (including phenoxy) is 2. The first-order valence-corrected chi connectivity index (χ1v) is 11.3. The lowest BCUT2D eigenvalue weighted by molar-refractivity contribution is 0.0785. The van der Waals surface area contributed by atoms with Crippen LogP contribution < -0.4 is 9.47 Å². The summed E-state index contributed by atoms with van der Waals surface area (Å²) in [7, 11) is 3.61. The van der Waals surface area contributed by atoms with Gasteiger partial charge in [0.2, 0.25) is 0 Å². The molecule has 0 fully saturated rings. The minimum atomic E-state index is -0.106. The van der Waals surface area contributed by atoms with Crippen LogP contribution in [0.5, 0.6) is 11.5 Å². The van der Waals surface area contributed by atoms with Gasteiger partial charge in [-0.25, -0.2) is 0 Å². The van der Waals surface area contributed by atoms with E-state index in [1.165, 1.54) is 5.56 Å². The third-order valence-electron chi connectivity index (χ3n) is 5.72. The molecule has 0 radical (unpaired) electrons. The number of rotatable bonds is 6. The number of carbonyl (C=O) groups is 1. The molecule has 0 aliphatic carbocycles. The fourth-order valence-corrected chi connectivity index (χ4v) is 4.07. The summed E-state index contributed by atoms with van der Waals surface area (Å²) >= 11 is 0. The van der Waals surface area contributed by atoms with Crippen LogP contribution in [-0.4, -0.2) is 50.6 Å². The zero-order valence-electron chi connectivity index (χ0n) is 19.3. The van der Waals surface area contributed by atoms with E-state index in [9.17, 15) is 4.79 Å². The SMILES string of the molecule is CN(Cc1cnn(Cc2ccccc2)c1)C(=O)c1cn(C)nc1-c1ccc2c(c1)OCCCO2. The van der Waals surface area contributed by atoms with E-state index in [1.807, 2.05) is 54.3 Å². The Morgan fingerprint density at radius 2 is 1.82 bits per heavy atom. The largest absolute Gasteiger partial charge is 0.490 e. The van der Waals surface area contributed by atoms with Crippen molar-refractivity contribution in [2.45, 2.75) is 19.5 Å². The van der Waals surface area contributed by atoms with E-state index >= 15 is 0 Å². The Kier molecular flexibility index (Phi) is 6.03. The van der Waals surface area contributed by atoms with E-state index in [-0.39, 0.29) is 5.91 Å². The molecule has 1 aliphatic rings. The summed E-state index contributed by atoms with van der Waals surface area (Å²) in [5, 5.41) is 9.02. The average Bonchev–Trinajstić information content (AvgIpc) is 3.37. The first kappa shape index (κ1) is 21.8. The van der Waals surface area contributed by atoms with Crippen LogP contribution in [0.15, 0.2) is 67.1 Å². The van der Waals surface area contributed by atoms with Crippen LogP contribution in [0.25, 0.3) is 11.3 Å². The molecule has 1 amide bonds. The van der Waals surface area contributed by atoms with Gasteiger partial charge in [-0.15, -0.1) is 0 Å². The Morgan fingerprint density at radius 3 is 2.65 bits per heavy atom. The molecule has 8 heteroatoms. The van der Waals surface area contributed by atoms with Crippen LogP contribution in [0.3, 0.4) is 0 Å². The van der Waals surface area contributed by atoms with Gasteiger partial charge in [0.1, 0.15) is 5.69 Å². The maximum Gasteiger partial charge on any atom is 0.257 e. The second kappa shape index (κ2) is 9.43. The lowest BCUT2D eigenvalue weighted by Gasteiger charge is -2.16. The number of fused-ring (bicyclic) bond motifs is 1. The number of hydrogen-bond donors (Lipinski definition) is 0. The van der Waals surface area contributed by atoms with Crippen LogP contribution >= 0.6 is 0 Å². The highest BCUT2D eigenvalue weighted by Crippen LogP contribution is 2.35. The van der Waals surface area contributed by atoms with Gasteiger partial charge < -0.3 is 14.4 Å². The van der Waals surface area contributed by atoms with Gasteiger partial charge in [-0.1, -0.05) is 30.3 Å². The van der Waals surface area contributed by atoms with Crippen molar-refractivity contribution in [1.29, 1.82) is 0 Å². The van der Waals surface area contributed by atoms with Gasteiger partial charge in [0, 0.05) is 50.6 Å². The number of nitrogens with zero attached hydrogens (tertiary/aromatic N) is 5. The van der Waals surface area contributed by atoms with Crippen molar-refractivity contribution in [2.24, 2.45) is 7.05 Å². The maximum absolute atomic E-state index is 13.4. The Morgan fingerprint density at radius 1 is 1.03 bits per heavy atom. The third-order valence-corrected chi connectivity index (χ3v) is 5.72. The number of amides is 1. The Labute approximate surface area is 198 Å². The van der Waals surface area contributed by atoms with Gasteiger partial charge >= 0.3 is 0 Å². The molecule has 0 atom stereocenters. The molecule has 0 saturated heterocycles. The Balaban J connectivity index is 1.33. The first-order chi connectivity index (χ1) is 16.6. The minimum absolute atomic E-state index is 0.106. The van der Waals surface area contributed by atoms with Crippen molar-refractivity contribution in [1.82, 2.24) is 24.5 Å². The monoisotopic (exact) mass is 457 g/mol. The highest BCUT2D eigenvalue weighted by Gasteiger charge is 2.22. The van der Waals surface area contributed by atoms with Crippen molar-refractivity contribution >= 4 is 5.91 Å². The molecule has 0 N–H and O–H groups in total. The molecule has 174 valence electrons. The molecule has 0 saturated carbocycles. The van der Waals surface area contributed by atoms with Crippen molar-refractivity contribution < 1.29 is 14.3 Å². The summed E-state index contributed by atoms with van der Waals surface area (Å²) in [6.07, 6.45) is 6.38. The van der Waals surface area contributed by atoms with Crippen LogP contribution in [0.4, 0.5) is 0 Å². The zero-order chi connectivity index (χ0) is 23.5. The molecule has 2 aromatic heterocycles. The number of carbonyl (C=O) groups excluding carboxylic acids is 1. The Hall–Kier alpha value is -4.07. The summed E-state index contributed by atoms with van der Waals surface area (Å²) in [5.74, 6) is 1.29. The van der Waals surface area contributed by atoms with Gasteiger partial charge in [0.15, 0.2) is 11.5 Å². The summed E-state index contributed by atoms with van der Waals surface area (Å²) in [4.78, 5) is 15.1. The molecule has 3 heterocycles. The smallest absolute Gasteiger partial charge is 0.257 e. The van der Waals surface area contributed by atoms with Gasteiger partial charge in [-0.3, -0.25) is 14.2 Å². The molecular formula is C26H27N5O3. The van der Waals surface area contributed by atoms with Gasteiger partial charge in [-0.05, 0) is 23.8 Å². The summed E-state index contributed by atoms with van der Waals surface area (Å²) in [5.41, 5.74) is 4.12.